The van der Waals surface area contributed by atoms with Crippen molar-refractivity contribution in [2.45, 2.75) is 87.5 Å². The Morgan fingerprint density at radius 2 is 1.10 bits per heavy atom. The second-order valence-electron chi connectivity index (χ2n) is 10.8. The molecule has 40 heavy (non-hydrogen) atoms. The minimum absolute atomic E-state index is 0.189. The molecule has 3 unspecified atom stereocenters. The van der Waals surface area contributed by atoms with E-state index in [1.54, 1.807) is 0 Å². The molecule has 232 valence electrons. The molecule has 0 aliphatic heterocycles. The van der Waals surface area contributed by atoms with Gasteiger partial charge in [-0.2, -0.15) is 35.1 Å². The van der Waals surface area contributed by atoms with E-state index in [9.17, 15) is 43.9 Å². The van der Waals surface area contributed by atoms with Gasteiger partial charge >= 0.3 is 32.3 Å². The van der Waals surface area contributed by atoms with Crippen molar-refractivity contribution in [3.05, 3.63) is 36.4 Å². The van der Waals surface area contributed by atoms with Gasteiger partial charge in [0.2, 0.25) is 12.0 Å². The predicted octanol–water partition coefficient (Wildman–Crippen LogP) is 8.04. The predicted molar refractivity (Wildman–Crippen MR) is 131 cm³/mol. The van der Waals surface area contributed by atoms with Crippen LogP contribution in [-0.4, -0.2) is 73.4 Å². The first-order chi connectivity index (χ1) is 17.6. The largest absolute Gasteiger partial charge is 0.432 e. The van der Waals surface area contributed by atoms with Crippen molar-refractivity contribution in [1.82, 2.24) is 0 Å². The van der Waals surface area contributed by atoms with Crippen LogP contribution in [-0.2, 0) is 8.23 Å². The number of rotatable bonds is 14. The number of hydrogen-bond donors (Lipinski definition) is 0. The highest BCUT2D eigenvalue weighted by atomic mass is 28.5. The summed E-state index contributed by atoms with van der Waals surface area (Å²) in [6.07, 6.45) is -13.8. The van der Waals surface area contributed by atoms with Crippen molar-refractivity contribution in [3.8, 4) is 0 Å². The number of halogens is 13. The highest BCUT2D eigenvalue weighted by Crippen LogP contribution is 2.57. The molecule has 2 nitrogen and oxygen atoms in total. The van der Waals surface area contributed by atoms with Gasteiger partial charge in [0.05, 0.1) is 0 Å². The molecule has 0 saturated heterocycles. The van der Waals surface area contributed by atoms with Crippen molar-refractivity contribution < 1.29 is 65.3 Å². The summed E-state index contributed by atoms with van der Waals surface area (Å²) >= 11 is 0. The Labute approximate surface area is 226 Å². The molecule has 1 rings (SSSR count). The number of benzene rings is 1. The zero-order chi connectivity index (χ0) is 31.9. The Balaban J connectivity index is 4.05. The van der Waals surface area contributed by atoms with Gasteiger partial charge in [-0.3, -0.25) is 0 Å². The fraction of sp³-hybridized carbons (Fsp3) is 0.636. The molecule has 0 saturated carbocycles. The first-order valence-corrected chi connectivity index (χ1v) is 20.2. The lowest BCUT2D eigenvalue weighted by Crippen LogP contribution is -2.77. The Kier molecular flexibility index (Phi) is 10.7. The molecule has 0 heterocycles. The second-order valence-corrected chi connectivity index (χ2v) is 23.3. The van der Waals surface area contributed by atoms with E-state index in [4.69, 9.17) is 8.23 Å². The monoisotopic (exact) mass is 656 g/mol. The van der Waals surface area contributed by atoms with Gasteiger partial charge in [-0.05, 0) is 44.8 Å². The summed E-state index contributed by atoms with van der Waals surface area (Å²) in [5.41, 5.74) is -0.189. The summed E-state index contributed by atoms with van der Waals surface area (Å²) < 4.78 is 197. The van der Waals surface area contributed by atoms with E-state index < -0.39 is 78.6 Å². The van der Waals surface area contributed by atoms with E-state index in [-0.39, 0.29) is 5.56 Å². The van der Waals surface area contributed by atoms with Crippen LogP contribution in [0, 0.1) is 0 Å². The van der Waals surface area contributed by atoms with Crippen LogP contribution in [0.4, 0.5) is 57.1 Å². The van der Waals surface area contributed by atoms with Gasteiger partial charge in [0.25, 0.3) is 6.43 Å². The van der Waals surface area contributed by atoms with Crippen molar-refractivity contribution in [3.63, 3.8) is 0 Å². The molecule has 0 spiro atoms. The molecule has 3 atom stereocenters. The Hall–Kier alpha value is -1.38. The molecule has 0 aromatic heterocycles. The lowest BCUT2D eigenvalue weighted by atomic mass is 9.94. The Morgan fingerprint density at radius 3 is 1.48 bits per heavy atom. The van der Waals surface area contributed by atoms with Crippen LogP contribution >= 0.6 is 0 Å². The molecular weight excluding hydrogens is 627 g/mol. The zero-order valence-electron chi connectivity index (χ0n) is 22.1. The number of alkyl halides is 13. The second kappa shape index (κ2) is 11.7. The highest BCUT2D eigenvalue weighted by molar-refractivity contribution is 6.95. The molecule has 0 bridgehead atoms. The van der Waals surface area contributed by atoms with Crippen molar-refractivity contribution >= 4 is 36.5 Å². The van der Waals surface area contributed by atoms with Crippen molar-refractivity contribution in [1.29, 1.82) is 0 Å². The number of hydrogen-bond acceptors (Lipinski definition) is 2. The minimum Gasteiger partial charge on any atom is -0.432 e. The fourth-order valence-electron chi connectivity index (χ4n) is 3.59. The van der Waals surface area contributed by atoms with Crippen molar-refractivity contribution in [2.75, 3.05) is 0 Å². The van der Waals surface area contributed by atoms with Crippen LogP contribution < -0.4 is 5.19 Å². The highest BCUT2D eigenvalue weighted by Gasteiger charge is 2.86. The quantitative estimate of drug-likeness (QED) is 0.149. The standard InChI is InChI=1S/C22H29F13O2Si3/c1-8-13-11-9-10-12-14(13)40(36-38(2,3)4,37-39(5,6)7)18(27)20(30,31)22(34,35)21(32,33)19(28,29)16(24)15(23)17(25)26/h8-12,15-18H,1H2,2-7H3. The van der Waals surface area contributed by atoms with Gasteiger partial charge in [0.15, 0.2) is 22.8 Å². The smallest absolute Gasteiger partial charge is 0.394 e. The molecule has 0 amide bonds. The Morgan fingerprint density at radius 1 is 0.700 bits per heavy atom. The lowest BCUT2D eigenvalue weighted by molar-refractivity contribution is -0.384. The van der Waals surface area contributed by atoms with Gasteiger partial charge < -0.3 is 8.23 Å². The van der Waals surface area contributed by atoms with Gasteiger partial charge in [-0.25, -0.2) is 22.0 Å². The van der Waals surface area contributed by atoms with Gasteiger partial charge in [-0.15, -0.1) is 0 Å². The van der Waals surface area contributed by atoms with Gasteiger partial charge in [-0.1, -0.05) is 36.9 Å². The maximum atomic E-state index is 16.2. The summed E-state index contributed by atoms with van der Waals surface area (Å²) in [6.45, 7) is 11.2. The topological polar surface area (TPSA) is 18.5 Å². The SMILES string of the molecule is C=Cc1ccccc1[Si](O[Si](C)(C)C)(O[Si](C)(C)C)C(F)C(F)(F)C(F)(F)C(F)(F)C(F)(F)C(F)C(F)C(F)F. The van der Waals surface area contributed by atoms with E-state index in [0.717, 1.165) is 24.3 Å². The fourth-order valence-corrected chi connectivity index (χ4v) is 15.0. The molecule has 0 fully saturated rings. The van der Waals surface area contributed by atoms with Crippen LogP contribution in [0.5, 0.6) is 0 Å². The van der Waals surface area contributed by atoms with Crippen LogP contribution in [0.2, 0.25) is 39.3 Å². The molecule has 0 aliphatic carbocycles. The molecule has 18 heteroatoms. The first-order valence-electron chi connectivity index (χ1n) is 11.5. The Bertz CT molecular complexity index is 1010. The summed E-state index contributed by atoms with van der Waals surface area (Å²) in [4.78, 5) is 0. The molecule has 1 aromatic carbocycles. The third kappa shape index (κ3) is 6.81. The third-order valence-electron chi connectivity index (χ3n) is 5.22. The van der Waals surface area contributed by atoms with Gasteiger partial charge in [0.1, 0.15) is 0 Å². The average molecular weight is 657 g/mol. The average Bonchev–Trinajstić information content (AvgIpc) is 2.79. The molecule has 0 aliphatic rings. The summed E-state index contributed by atoms with van der Waals surface area (Å²) in [5.74, 6) is -33.6. The maximum absolute atomic E-state index is 16.2. The summed E-state index contributed by atoms with van der Waals surface area (Å²) in [7, 11) is -12.5. The van der Waals surface area contributed by atoms with E-state index in [0.29, 0.717) is 0 Å². The van der Waals surface area contributed by atoms with E-state index in [1.807, 2.05) is 0 Å². The molecular formula is C22H29F13O2Si3. The first kappa shape index (κ1) is 36.6. The normalized spacial score (nSPS) is 17.1. The van der Waals surface area contributed by atoms with Crippen LogP contribution in [0.25, 0.3) is 6.08 Å². The third-order valence-corrected chi connectivity index (χ3v) is 14.8. The van der Waals surface area contributed by atoms with Gasteiger partial charge in [0, 0.05) is 5.19 Å². The molecule has 0 radical (unpaired) electrons. The van der Waals surface area contributed by atoms with E-state index in [2.05, 4.69) is 6.58 Å². The zero-order valence-corrected chi connectivity index (χ0v) is 25.1. The van der Waals surface area contributed by atoms with Crippen LogP contribution in [0.1, 0.15) is 5.56 Å². The minimum atomic E-state index is -7.58. The molecule has 0 N–H and O–H groups in total. The van der Waals surface area contributed by atoms with Crippen LogP contribution in [0.15, 0.2) is 30.8 Å². The molecule has 1 aromatic rings. The van der Waals surface area contributed by atoms with Crippen molar-refractivity contribution in [2.24, 2.45) is 0 Å². The van der Waals surface area contributed by atoms with Crippen LogP contribution in [0.3, 0.4) is 0 Å². The maximum Gasteiger partial charge on any atom is 0.394 e. The summed E-state index contributed by atoms with van der Waals surface area (Å²) in [6, 6.07) is 4.53. The van der Waals surface area contributed by atoms with E-state index >= 15 is 13.2 Å². The lowest BCUT2D eigenvalue weighted by Gasteiger charge is -2.47. The summed E-state index contributed by atoms with van der Waals surface area (Å²) in [5, 5.41) is -0.599. The van der Waals surface area contributed by atoms with E-state index in [1.165, 1.54) is 45.3 Å².